The summed E-state index contributed by atoms with van der Waals surface area (Å²) in [6.45, 7) is 5.62. The van der Waals surface area contributed by atoms with Gasteiger partial charge in [-0.05, 0) is 13.8 Å². The van der Waals surface area contributed by atoms with Crippen LogP contribution in [0.3, 0.4) is 0 Å². The van der Waals surface area contributed by atoms with Gasteiger partial charge in [-0.1, -0.05) is 0 Å². The van der Waals surface area contributed by atoms with Gasteiger partial charge in [-0.3, -0.25) is 0 Å². The molecule has 98 valence electrons. The second kappa shape index (κ2) is 6.38. The van der Waals surface area contributed by atoms with Crippen LogP contribution in [-0.2, 0) is 4.74 Å². The average molecular weight is 283 g/mol. The number of hydrogen-bond acceptors (Lipinski definition) is 6. The Bertz CT molecular complexity index is 462. The molecular weight excluding hydrogens is 266 g/mol. The minimum Gasteiger partial charge on any atom is -0.383 e. The van der Waals surface area contributed by atoms with Crippen LogP contribution in [0.1, 0.15) is 27.3 Å². The molecular formula is C12H17N3OS2. The second-order valence-corrected chi connectivity index (χ2v) is 5.94. The molecule has 0 spiro atoms. The zero-order valence-electron chi connectivity index (χ0n) is 10.8. The Labute approximate surface area is 115 Å². The maximum absolute atomic E-state index is 5.08. The van der Waals surface area contributed by atoms with E-state index in [1.54, 1.807) is 29.8 Å². The molecule has 0 fully saturated rings. The number of methoxy groups -OCH3 is 1. The normalized spacial score (nSPS) is 12.8. The van der Waals surface area contributed by atoms with Crippen LogP contribution < -0.4 is 5.32 Å². The van der Waals surface area contributed by atoms with Crippen LogP contribution in [0.2, 0.25) is 0 Å². The summed E-state index contributed by atoms with van der Waals surface area (Å²) in [5.41, 5.74) is 3.99. The number of thiazole rings is 2. The minimum absolute atomic E-state index is 0.0730. The summed E-state index contributed by atoms with van der Waals surface area (Å²) in [7, 11) is 1.71. The number of ether oxygens (including phenoxy) is 1. The van der Waals surface area contributed by atoms with E-state index >= 15 is 0 Å². The molecule has 0 saturated heterocycles. The molecule has 0 radical (unpaired) electrons. The van der Waals surface area contributed by atoms with Crippen molar-refractivity contribution in [2.24, 2.45) is 0 Å². The Morgan fingerprint density at radius 3 is 2.83 bits per heavy atom. The van der Waals surface area contributed by atoms with Crippen molar-refractivity contribution in [1.82, 2.24) is 15.3 Å². The van der Waals surface area contributed by atoms with Gasteiger partial charge in [0.05, 0.1) is 23.5 Å². The van der Waals surface area contributed by atoms with E-state index in [0.717, 1.165) is 22.9 Å². The minimum atomic E-state index is 0.0730. The number of nitrogens with one attached hydrogen (secondary N) is 1. The van der Waals surface area contributed by atoms with Crippen molar-refractivity contribution in [1.29, 1.82) is 0 Å². The number of aromatic nitrogens is 2. The molecule has 0 aliphatic heterocycles. The van der Waals surface area contributed by atoms with E-state index in [2.05, 4.69) is 27.6 Å². The van der Waals surface area contributed by atoms with E-state index in [1.807, 2.05) is 12.4 Å². The number of nitrogens with zero attached hydrogens (tertiary/aromatic N) is 2. The van der Waals surface area contributed by atoms with Crippen LogP contribution in [-0.4, -0.2) is 30.2 Å². The van der Waals surface area contributed by atoms with Crippen molar-refractivity contribution >= 4 is 22.7 Å². The SMILES string of the molecule is COCCNC(c1cscn1)c1nc(C)c(C)s1. The van der Waals surface area contributed by atoms with E-state index < -0.39 is 0 Å². The van der Waals surface area contributed by atoms with Gasteiger partial charge in [-0.2, -0.15) is 0 Å². The first-order valence-electron chi connectivity index (χ1n) is 5.76. The van der Waals surface area contributed by atoms with Crippen LogP contribution in [0.5, 0.6) is 0 Å². The first kappa shape index (κ1) is 13.6. The molecule has 2 aromatic rings. The predicted molar refractivity (Wildman–Crippen MR) is 75.4 cm³/mol. The van der Waals surface area contributed by atoms with Gasteiger partial charge < -0.3 is 10.1 Å². The van der Waals surface area contributed by atoms with E-state index in [1.165, 1.54) is 4.88 Å². The van der Waals surface area contributed by atoms with E-state index in [-0.39, 0.29) is 6.04 Å². The van der Waals surface area contributed by atoms with Crippen molar-refractivity contribution < 1.29 is 4.74 Å². The van der Waals surface area contributed by atoms with Gasteiger partial charge in [0.1, 0.15) is 11.0 Å². The third-order valence-electron chi connectivity index (χ3n) is 2.69. The Morgan fingerprint density at radius 1 is 1.44 bits per heavy atom. The van der Waals surface area contributed by atoms with Crippen LogP contribution in [0.15, 0.2) is 10.9 Å². The summed E-state index contributed by atoms with van der Waals surface area (Å²) >= 11 is 3.34. The van der Waals surface area contributed by atoms with Crippen molar-refractivity contribution in [3.05, 3.63) is 32.2 Å². The molecule has 2 aromatic heterocycles. The van der Waals surface area contributed by atoms with Gasteiger partial charge in [0.15, 0.2) is 0 Å². The first-order chi connectivity index (χ1) is 8.72. The van der Waals surface area contributed by atoms with Crippen LogP contribution in [0.4, 0.5) is 0 Å². The standard InChI is InChI=1S/C12H17N3OS2/c1-8-9(2)18-12(15-8)11(13-4-5-16-3)10-6-17-7-14-10/h6-7,11,13H,4-5H2,1-3H3. The summed E-state index contributed by atoms with van der Waals surface area (Å²) in [6, 6.07) is 0.0730. The lowest BCUT2D eigenvalue weighted by Gasteiger charge is -2.13. The number of rotatable bonds is 6. The lowest BCUT2D eigenvalue weighted by Crippen LogP contribution is -2.26. The van der Waals surface area contributed by atoms with Crippen molar-refractivity contribution in [2.75, 3.05) is 20.3 Å². The molecule has 2 rings (SSSR count). The monoisotopic (exact) mass is 283 g/mol. The molecule has 0 aliphatic rings. The molecule has 1 atom stereocenters. The maximum atomic E-state index is 5.08. The Kier molecular flexibility index (Phi) is 4.82. The van der Waals surface area contributed by atoms with Gasteiger partial charge in [-0.15, -0.1) is 22.7 Å². The van der Waals surface area contributed by atoms with Gasteiger partial charge in [0.25, 0.3) is 0 Å². The molecule has 4 nitrogen and oxygen atoms in total. The third kappa shape index (κ3) is 3.14. The largest absolute Gasteiger partial charge is 0.383 e. The van der Waals surface area contributed by atoms with Gasteiger partial charge in [-0.25, -0.2) is 9.97 Å². The molecule has 0 aromatic carbocycles. The fourth-order valence-electron chi connectivity index (χ4n) is 1.61. The van der Waals surface area contributed by atoms with Gasteiger partial charge >= 0.3 is 0 Å². The molecule has 0 bridgehead atoms. The van der Waals surface area contributed by atoms with Crippen molar-refractivity contribution in [3.8, 4) is 0 Å². The van der Waals surface area contributed by atoms with Crippen LogP contribution in [0, 0.1) is 13.8 Å². The van der Waals surface area contributed by atoms with E-state index in [4.69, 9.17) is 4.74 Å². The Balaban J connectivity index is 2.19. The summed E-state index contributed by atoms with van der Waals surface area (Å²) in [4.78, 5) is 10.3. The lowest BCUT2D eigenvalue weighted by atomic mass is 10.2. The number of aryl methyl sites for hydroxylation is 2. The zero-order chi connectivity index (χ0) is 13.0. The fraction of sp³-hybridized carbons (Fsp3) is 0.500. The van der Waals surface area contributed by atoms with Crippen molar-refractivity contribution in [3.63, 3.8) is 0 Å². The fourth-order valence-corrected chi connectivity index (χ4v) is 3.20. The summed E-state index contributed by atoms with van der Waals surface area (Å²) < 4.78 is 5.08. The lowest BCUT2D eigenvalue weighted by molar-refractivity contribution is 0.197. The molecule has 18 heavy (non-hydrogen) atoms. The second-order valence-electron chi connectivity index (χ2n) is 3.99. The predicted octanol–water partition coefficient (Wildman–Crippen LogP) is 2.54. The molecule has 1 unspecified atom stereocenters. The van der Waals surface area contributed by atoms with Crippen LogP contribution in [0.25, 0.3) is 0 Å². The Hall–Kier alpha value is -0.820. The summed E-state index contributed by atoms with van der Waals surface area (Å²) in [6.07, 6.45) is 0. The topological polar surface area (TPSA) is 47.0 Å². The summed E-state index contributed by atoms with van der Waals surface area (Å²) in [5, 5.41) is 6.59. The van der Waals surface area contributed by atoms with Crippen molar-refractivity contribution in [2.45, 2.75) is 19.9 Å². The molecule has 0 aliphatic carbocycles. The van der Waals surface area contributed by atoms with Crippen LogP contribution >= 0.6 is 22.7 Å². The highest BCUT2D eigenvalue weighted by Gasteiger charge is 2.19. The molecule has 6 heteroatoms. The highest BCUT2D eigenvalue weighted by molar-refractivity contribution is 7.11. The highest BCUT2D eigenvalue weighted by Crippen LogP contribution is 2.27. The van der Waals surface area contributed by atoms with E-state index in [9.17, 15) is 0 Å². The number of hydrogen-bond donors (Lipinski definition) is 1. The maximum Gasteiger partial charge on any atom is 0.116 e. The molecule has 2 heterocycles. The van der Waals surface area contributed by atoms with E-state index in [0.29, 0.717) is 6.61 Å². The third-order valence-corrected chi connectivity index (χ3v) is 4.44. The van der Waals surface area contributed by atoms with Gasteiger partial charge in [0, 0.05) is 23.9 Å². The molecule has 0 saturated carbocycles. The quantitative estimate of drug-likeness (QED) is 0.828. The average Bonchev–Trinajstić information content (AvgIpc) is 2.96. The summed E-state index contributed by atoms with van der Waals surface area (Å²) in [5.74, 6) is 0. The smallest absolute Gasteiger partial charge is 0.116 e. The molecule has 1 N–H and O–H groups in total. The van der Waals surface area contributed by atoms with Gasteiger partial charge in [0.2, 0.25) is 0 Å². The molecule has 0 amide bonds. The Morgan fingerprint density at radius 2 is 2.28 bits per heavy atom. The zero-order valence-corrected chi connectivity index (χ0v) is 12.4. The highest BCUT2D eigenvalue weighted by atomic mass is 32.1. The first-order valence-corrected chi connectivity index (χ1v) is 7.52.